The van der Waals surface area contributed by atoms with Crippen LogP contribution in [0.2, 0.25) is 0 Å². The summed E-state index contributed by atoms with van der Waals surface area (Å²) in [6.45, 7) is 0. The van der Waals surface area contributed by atoms with Gasteiger partial charge in [-0.25, -0.2) is 0 Å². The first-order valence-corrected chi connectivity index (χ1v) is 2.55. The molecule has 0 fully saturated rings. The van der Waals surface area contributed by atoms with Gasteiger partial charge < -0.3 is 16.0 Å². The van der Waals surface area contributed by atoms with E-state index in [9.17, 15) is 0 Å². The van der Waals surface area contributed by atoms with Gasteiger partial charge >= 0.3 is 27.0 Å². The molecule has 33 valence electrons. The van der Waals surface area contributed by atoms with Crippen molar-refractivity contribution < 1.29 is 22.8 Å². The van der Waals surface area contributed by atoms with Crippen LogP contribution in [-0.4, -0.2) is 5.48 Å². The largest absolute Gasteiger partial charge is 0.577 e. The van der Waals surface area contributed by atoms with Gasteiger partial charge in [0.1, 0.15) is 0 Å². The normalized spacial score (nSPS) is 1.80. The van der Waals surface area contributed by atoms with E-state index in [0.29, 0.717) is 0 Å². The first kappa shape index (κ1) is 17.9. The van der Waals surface area contributed by atoms with E-state index in [-0.39, 0.29) is 5.48 Å². The number of nitrogens with zero attached hydrogens (tertiary/aromatic N) is 1. The number of rotatable bonds is 0. The molecule has 0 bridgehead atoms. The second-order valence-electron chi connectivity index (χ2n) is 0. The topological polar surface area (TPSA) is 70.9 Å². The Kier molecular flexibility index (Phi) is 862. The molecule has 0 spiro atoms. The summed E-state index contributed by atoms with van der Waals surface area (Å²) in [7, 11) is 4.57. The van der Waals surface area contributed by atoms with Crippen LogP contribution in [0, 0.1) is 4.91 Å². The minimum atomic E-state index is 0. The molecule has 0 saturated carbocycles. The molecule has 0 radical (unpaired) electrons. The van der Waals surface area contributed by atoms with Crippen molar-refractivity contribution in [1.29, 1.82) is 0 Å². The van der Waals surface area contributed by atoms with Crippen LogP contribution in [-0.2, 0) is 17.3 Å². The fraction of sp³-hybridized carbons (Fsp3) is 0. The summed E-state index contributed by atoms with van der Waals surface area (Å²) in [6.07, 6.45) is 0. The molecule has 0 aromatic carbocycles. The maximum absolute atomic E-state index is 7.25. The van der Waals surface area contributed by atoms with Crippen molar-refractivity contribution in [3.8, 4) is 0 Å². The van der Waals surface area contributed by atoms with E-state index >= 15 is 0 Å². The van der Waals surface area contributed by atoms with Crippen molar-refractivity contribution in [2.45, 2.75) is 0 Å². The minimum absolute atomic E-state index is 0. The number of hydrogen-bond acceptors (Lipinski definition) is 1. The van der Waals surface area contributed by atoms with Crippen LogP contribution in [0.5, 0.6) is 0 Å². The molecular formula is H2ClNO2Ru+. The van der Waals surface area contributed by atoms with Gasteiger partial charge in [-0.2, -0.15) is 0 Å². The van der Waals surface area contributed by atoms with E-state index in [2.05, 4.69) is 9.69 Å². The van der Waals surface area contributed by atoms with Gasteiger partial charge in [0.25, 0.3) is 0 Å². The molecule has 0 amide bonds. The number of nitroso groups, excluding NO2 is 1. The molecule has 3 nitrogen and oxygen atoms in total. The Morgan fingerprint density at radius 2 is 1.40 bits per heavy atom. The monoisotopic (exact) mass is 185 g/mol. The molecule has 0 atom stereocenters. The average Bonchev–Trinajstić information content (AvgIpc) is 1.50. The molecule has 0 saturated heterocycles. The van der Waals surface area contributed by atoms with Gasteiger partial charge in [0, 0.05) is 0 Å². The van der Waals surface area contributed by atoms with Crippen molar-refractivity contribution in [2.24, 2.45) is 0 Å². The zero-order valence-electron chi connectivity index (χ0n) is 2.09. The second-order valence-corrected chi connectivity index (χ2v) is 0. The fourth-order valence-corrected chi connectivity index (χ4v) is 0. The van der Waals surface area contributed by atoms with E-state index in [1.807, 2.05) is 17.3 Å². The van der Waals surface area contributed by atoms with E-state index in [4.69, 9.17) is 10.5 Å². The van der Waals surface area contributed by atoms with Gasteiger partial charge in [-0.15, -0.1) is 0 Å². The van der Waals surface area contributed by atoms with Gasteiger partial charge in [-0.1, -0.05) is 0 Å². The third-order valence-corrected chi connectivity index (χ3v) is 0. The van der Waals surface area contributed by atoms with E-state index in [0.717, 1.165) is 0 Å². The van der Waals surface area contributed by atoms with Gasteiger partial charge in [-0.3, -0.25) is 0 Å². The molecule has 5 heteroatoms. The quantitative estimate of drug-likeness (QED) is 0.495. The predicted molar refractivity (Wildman–Crippen MR) is 16.2 cm³/mol. The van der Waals surface area contributed by atoms with Crippen LogP contribution in [0.3, 0.4) is 0 Å². The first-order chi connectivity index (χ1) is 2.00. The molecule has 0 aliphatic rings. The van der Waals surface area contributed by atoms with Crippen LogP contribution >= 0.6 is 9.69 Å². The van der Waals surface area contributed by atoms with Crippen molar-refractivity contribution in [1.82, 2.24) is 0 Å². The Morgan fingerprint density at radius 3 is 1.40 bits per heavy atom. The molecule has 0 aromatic rings. The van der Waals surface area contributed by atoms with E-state index in [1.165, 1.54) is 0 Å². The molecule has 0 unspecified atom stereocenters. The van der Waals surface area contributed by atoms with Crippen molar-refractivity contribution >= 4 is 9.69 Å². The summed E-state index contributed by atoms with van der Waals surface area (Å²) in [5, 5.41) is 0. The Morgan fingerprint density at radius 1 is 1.40 bits per heavy atom. The Bertz CT molecular complexity index is 9.61. The minimum Gasteiger partial charge on any atom is -0.577 e. The standard InChI is InChI=1S/ClH.NO.H2O.Ru/c;1-2;;/h1H;;1H2;/q;-1;;+3/p-1. The molecule has 0 aromatic heterocycles. The smallest absolute Gasteiger partial charge is 0.423 e. The third kappa shape index (κ3) is 122. The van der Waals surface area contributed by atoms with Crippen LogP contribution in [0.15, 0.2) is 0 Å². The van der Waals surface area contributed by atoms with Gasteiger partial charge in [-0.05, 0) is 0 Å². The maximum Gasteiger partial charge on any atom is -0.423 e. The summed E-state index contributed by atoms with van der Waals surface area (Å²) in [4.78, 5) is 7.25. The van der Waals surface area contributed by atoms with Gasteiger partial charge in [0.05, 0.1) is 0 Å². The summed E-state index contributed by atoms with van der Waals surface area (Å²) >= 11 is 1.82. The molecule has 0 aliphatic carbocycles. The summed E-state index contributed by atoms with van der Waals surface area (Å²) in [5.41, 5.74) is 5.75. The predicted octanol–water partition coefficient (Wildman–Crippen LogP) is 0.184. The summed E-state index contributed by atoms with van der Waals surface area (Å²) in [6, 6.07) is 0. The maximum atomic E-state index is 7.25. The number of halogens is 1. The Hall–Kier alpha value is 0.473. The Balaban J connectivity index is -0.0000000133. The average molecular weight is 185 g/mol. The molecular weight excluding hydrogens is 183 g/mol. The van der Waals surface area contributed by atoms with Gasteiger partial charge in [0.15, 0.2) is 0 Å². The summed E-state index contributed by atoms with van der Waals surface area (Å²) < 4.78 is 0. The zero-order valence-corrected chi connectivity index (χ0v) is 4.58. The molecule has 0 aliphatic heterocycles. The van der Waals surface area contributed by atoms with Crippen LogP contribution < -0.4 is 0 Å². The van der Waals surface area contributed by atoms with Crippen LogP contribution in [0.25, 0.3) is 5.59 Å². The molecule has 0 rings (SSSR count). The Labute approximate surface area is 43.5 Å². The summed E-state index contributed by atoms with van der Waals surface area (Å²) in [5.74, 6) is 0. The molecule has 2 N–H and O–H groups in total. The second kappa shape index (κ2) is 241. The number of hydrogen-bond donors (Lipinski definition) is 0. The fourth-order valence-electron chi connectivity index (χ4n) is 0. The zero-order chi connectivity index (χ0) is 4.00. The van der Waals surface area contributed by atoms with Crippen molar-refractivity contribution in [3.05, 3.63) is 10.5 Å². The van der Waals surface area contributed by atoms with Crippen molar-refractivity contribution in [3.63, 3.8) is 0 Å². The third-order valence-electron chi connectivity index (χ3n) is 0. The molecule has 0 heterocycles. The van der Waals surface area contributed by atoms with Crippen molar-refractivity contribution in [2.75, 3.05) is 0 Å². The SMILES string of the molecule is O.[Cl][Ru+2].[N-]=O. The van der Waals surface area contributed by atoms with Crippen LogP contribution in [0.1, 0.15) is 0 Å². The van der Waals surface area contributed by atoms with Crippen LogP contribution in [0.4, 0.5) is 0 Å². The first-order valence-electron chi connectivity index (χ1n) is 0.316. The van der Waals surface area contributed by atoms with Gasteiger partial charge in [0.2, 0.25) is 0 Å². The van der Waals surface area contributed by atoms with E-state index < -0.39 is 0 Å². The van der Waals surface area contributed by atoms with E-state index in [1.54, 1.807) is 0 Å². The molecule has 5 heavy (non-hydrogen) atoms.